The SMILES string of the molecule is Cc1nc(N(C)c2ccccc2)sc1C(=O)Nc1cc(Cl)ccc1Cl. The first kappa shape index (κ1) is 17.7. The van der Waals surface area contributed by atoms with Crippen LogP contribution >= 0.6 is 34.5 Å². The number of rotatable bonds is 4. The fourth-order valence-corrected chi connectivity index (χ4v) is 3.55. The molecule has 0 bridgehead atoms. The van der Waals surface area contributed by atoms with Crippen molar-refractivity contribution in [1.82, 2.24) is 4.98 Å². The van der Waals surface area contributed by atoms with E-state index in [-0.39, 0.29) is 5.91 Å². The van der Waals surface area contributed by atoms with Gasteiger partial charge in [-0.1, -0.05) is 52.7 Å². The maximum Gasteiger partial charge on any atom is 0.267 e. The highest BCUT2D eigenvalue weighted by Crippen LogP contribution is 2.32. The number of thiazole rings is 1. The summed E-state index contributed by atoms with van der Waals surface area (Å²) in [6, 6.07) is 14.8. The van der Waals surface area contributed by atoms with Crippen LogP contribution in [-0.4, -0.2) is 17.9 Å². The number of hydrogen-bond acceptors (Lipinski definition) is 4. The molecule has 1 heterocycles. The standard InChI is InChI=1S/C18H15Cl2N3OS/c1-11-16(17(24)22-15-10-12(19)8-9-14(15)20)25-18(21-11)23(2)13-6-4-3-5-7-13/h3-10H,1-2H3,(H,22,24). The van der Waals surface area contributed by atoms with Crippen LogP contribution in [0.4, 0.5) is 16.5 Å². The second-order valence-electron chi connectivity index (χ2n) is 5.38. The Morgan fingerprint density at radius 3 is 2.60 bits per heavy atom. The van der Waals surface area contributed by atoms with E-state index >= 15 is 0 Å². The van der Waals surface area contributed by atoms with Gasteiger partial charge in [-0.3, -0.25) is 4.79 Å². The quantitative estimate of drug-likeness (QED) is 0.612. The predicted molar refractivity (Wildman–Crippen MR) is 106 cm³/mol. The molecule has 3 rings (SSSR count). The van der Waals surface area contributed by atoms with Gasteiger partial charge in [0.25, 0.3) is 5.91 Å². The fraction of sp³-hybridized carbons (Fsp3) is 0.111. The number of aryl methyl sites for hydroxylation is 1. The van der Waals surface area contributed by atoms with Crippen molar-refractivity contribution in [3.05, 3.63) is 69.1 Å². The molecule has 4 nitrogen and oxygen atoms in total. The largest absolute Gasteiger partial charge is 0.321 e. The van der Waals surface area contributed by atoms with Crippen molar-refractivity contribution < 1.29 is 4.79 Å². The number of nitrogens with one attached hydrogen (secondary N) is 1. The second kappa shape index (κ2) is 7.44. The lowest BCUT2D eigenvalue weighted by Gasteiger charge is -2.15. The fourth-order valence-electron chi connectivity index (χ4n) is 2.27. The number of aromatic nitrogens is 1. The molecule has 3 aromatic rings. The Morgan fingerprint density at radius 2 is 1.88 bits per heavy atom. The molecule has 0 aliphatic carbocycles. The molecule has 1 N–H and O–H groups in total. The van der Waals surface area contributed by atoms with Crippen molar-refractivity contribution in [2.24, 2.45) is 0 Å². The van der Waals surface area contributed by atoms with E-state index in [1.165, 1.54) is 11.3 Å². The highest BCUT2D eigenvalue weighted by atomic mass is 35.5. The molecule has 0 spiro atoms. The summed E-state index contributed by atoms with van der Waals surface area (Å²) in [6.07, 6.45) is 0. The molecule has 0 radical (unpaired) electrons. The van der Waals surface area contributed by atoms with Crippen LogP contribution in [0.5, 0.6) is 0 Å². The second-order valence-corrected chi connectivity index (χ2v) is 7.20. The molecule has 25 heavy (non-hydrogen) atoms. The molecule has 0 saturated heterocycles. The molecular weight excluding hydrogens is 377 g/mol. The summed E-state index contributed by atoms with van der Waals surface area (Å²) in [7, 11) is 1.92. The third-order valence-corrected chi connectivity index (χ3v) is 5.40. The van der Waals surface area contributed by atoms with E-state index in [2.05, 4.69) is 10.3 Å². The Morgan fingerprint density at radius 1 is 1.16 bits per heavy atom. The number of amides is 1. The van der Waals surface area contributed by atoms with E-state index in [0.717, 1.165) is 10.8 Å². The van der Waals surface area contributed by atoms with Crippen molar-refractivity contribution in [3.8, 4) is 0 Å². The molecule has 0 saturated carbocycles. The summed E-state index contributed by atoms with van der Waals surface area (Å²) in [6.45, 7) is 1.81. The molecule has 1 aromatic heterocycles. The van der Waals surface area contributed by atoms with Gasteiger partial charge >= 0.3 is 0 Å². The van der Waals surface area contributed by atoms with Crippen LogP contribution in [0.2, 0.25) is 10.0 Å². The van der Waals surface area contributed by atoms with Gasteiger partial charge < -0.3 is 10.2 Å². The first-order valence-corrected chi connectivity index (χ1v) is 9.05. The van der Waals surface area contributed by atoms with Gasteiger partial charge in [0.1, 0.15) is 4.88 Å². The summed E-state index contributed by atoms with van der Waals surface area (Å²) < 4.78 is 0. The smallest absolute Gasteiger partial charge is 0.267 e. The lowest BCUT2D eigenvalue weighted by Crippen LogP contribution is -2.11. The number of halogens is 2. The van der Waals surface area contributed by atoms with Gasteiger partial charge in [0.15, 0.2) is 5.13 Å². The molecule has 128 valence electrons. The number of para-hydroxylation sites is 1. The van der Waals surface area contributed by atoms with Crippen molar-refractivity contribution >= 4 is 57.0 Å². The van der Waals surface area contributed by atoms with Gasteiger partial charge in [-0.15, -0.1) is 0 Å². The summed E-state index contributed by atoms with van der Waals surface area (Å²) in [5.74, 6) is -0.258. The average molecular weight is 392 g/mol. The van der Waals surface area contributed by atoms with E-state index in [4.69, 9.17) is 23.2 Å². The summed E-state index contributed by atoms with van der Waals surface area (Å²) in [5.41, 5.74) is 2.14. The van der Waals surface area contributed by atoms with Crippen LogP contribution < -0.4 is 10.2 Å². The number of anilines is 3. The number of benzene rings is 2. The molecule has 0 aliphatic heterocycles. The first-order chi connectivity index (χ1) is 12.0. The Labute approximate surface area is 160 Å². The summed E-state index contributed by atoms with van der Waals surface area (Å²) in [4.78, 5) is 19.6. The van der Waals surface area contributed by atoms with Crippen molar-refractivity contribution in [2.45, 2.75) is 6.92 Å². The van der Waals surface area contributed by atoms with Crippen molar-refractivity contribution in [2.75, 3.05) is 17.3 Å². The highest BCUT2D eigenvalue weighted by Gasteiger charge is 2.19. The van der Waals surface area contributed by atoms with E-state index < -0.39 is 0 Å². The Balaban J connectivity index is 1.85. The maximum atomic E-state index is 12.6. The van der Waals surface area contributed by atoms with Gasteiger partial charge in [-0.05, 0) is 37.3 Å². The van der Waals surface area contributed by atoms with Crippen LogP contribution in [0, 0.1) is 6.92 Å². The molecule has 0 unspecified atom stereocenters. The van der Waals surface area contributed by atoms with Gasteiger partial charge in [0.05, 0.1) is 16.4 Å². The van der Waals surface area contributed by atoms with E-state index in [1.54, 1.807) is 18.2 Å². The third kappa shape index (κ3) is 3.95. The Kier molecular flexibility index (Phi) is 5.27. The highest BCUT2D eigenvalue weighted by molar-refractivity contribution is 7.17. The lowest BCUT2D eigenvalue weighted by atomic mass is 10.3. The van der Waals surface area contributed by atoms with E-state index in [0.29, 0.717) is 26.3 Å². The van der Waals surface area contributed by atoms with Gasteiger partial charge in [0, 0.05) is 17.8 Å². The normalized spacial score (nSPS) is 10.6. The van der Waals surface area contributed by atoms with Crippen molar-refractivity contribution in [3.63, 3.8) is 0 Å². The zero-order chi connectivity index (χ0) is 18.0. The third-order valence-electron chi connectivity index (χ3n) is 3.60. The number of nitrogens with zero attached hydrogens (tertiary/aromatic N) is 2. The molecule has 7 heteroatoms. The zero-order valence-corrected chi connectivity index (χ0v) is 15.9. The summed E-state index contributed by atoms with van der Waals surface area (Å²) >= 11 is 13.4. The average Bonchev–Trinajstić information content (AvgIpc) is 3.00. The zero-order valence-electron chi connectivity index (χ0n) is 13.6. The molecule has 2 aromatic carbocycles. The number of carbonyl (C=O) groups is 1. The monoisotopic (exact) mass is 391 g/mol. The minimum atomic E-state index is -0.258. The van der Waals surface area contributed by atoms with Crippen LogP contribution in [0.15, 0.2) is 48.5 Å². The Bertz CT molecular complexity index is 912. The van der Waals surface area contributed by atoms with Crippen LogP contribution in [0.25, 0.3) is 0 Å². The summed E-state index contributed by atoms with van der Waals surface area (Å²) in [5, 5.41) is 4.48. The van der Waals surface area contributed by atoms with E-state index in [9.17, 15) is 4.79 Å². The minimum Gasteiger partial charge on any atom is -0.321 e. The van der Waals surface area contributed by atoms with Gasteiger partial charge in [-0.25, -0.2) is 4.98 Å². The Hall–Kier alpha value is -2.08. The molecular formula is C18H15Cl2N3OS. The molecule has 0 fully saturated rings. The number of carbonyl (C=O) groups excluding carboxylic acids is 1. The van der Waals surface area contributed by atoms with Crippen molar-refractivity contribution in [1.29, 1.82) is 0 Å². The number of hydrogen-bond donors (Lipinski definition) is 1. The van der Waals surface area contributed by atoms with Gasteiger partial charge in [0.2, 0.25) is 0 Å². The molecule has 0 atom stereocenters. The first-order valence-electron chi connectivity index (χ1n) is 7.48. The van der Waals surface area contributed by atoms with Crippen LogP contribution in [0.1, 0.15) is 15.4 Å². The topological polar surface area (TPSA) is 45.2 Å². The van der Waals surface area contributed by atoms with Gasteiger partial charge in [-0.2, -0.15) is 0 Å². The lowest BCUT2D eigenvalue weighted by molar-refractivity contribution is 0.103. The maximum absolute atomic E-state index is 12.6. The minimum absolute atomic E-state index is 0.258. The van der Waals surface area contributed by atoms with Crippen LogP contribution in [-0.2, 0) is 0 Å². The predicted octanol–water partition coefficient (Wildman–Crippen LogP) is 5.78. The van der Waals surface area contributed by atoms with Crippen LogP contribution in [0.3, 0.4) is 0 Å². The molecule has 0 aliphatic rings. The van der Waals surface area contributed by atoms with E-state index in [1.807, 2.05) is 49.2 Å². The molecule has 1 amide bonds.